The van der Waals surface area contributed by atoms with Crippen molar-refractivity contribution in [2.24, 2.45) is 0 Å². The van der Waals surface area contributed by atoms with Gasteiger partial charge in [0.2, 0.25) is 5.91 Å². The minimum Gasteiger partial charge on any atom is -0.357 e. The lowest BCUT2D eigenvalue weighted by atomic mass is 10.0. The Balaban J connectivity index is 1.80. The molecule has 3 N–H and O–H groups in total. The van der Waals surface area contributed by atoms with E-state index in [2.05, 4.69) is 20.6 Å². The molecule has 0 aliphatic rings. The molecule has 1 unspecified atom stereocenters. The van der Waals surface area contributed by atoms with Crippen LogP contribution in [0.25, 0.3) is 11.3 Å². The molecule has 2 aromatic heterocycles. The maximum atomic E-state index is 12.8. The van der Waals surface area contributed by atoms with Crippen molar-refractivity contribution in [1.29, 1.82) is 5.41 Å². The molecular formula is C24H26N6O3. The summed E-state index contributed by atoms with van der Waals surface area (Å²) < 4.78 is 1.30. The largest absolute Gasteiger partial charge is 0.357 e. The van der Waals surface area contributed by atoms with E-state index >= 15 is 0 Å². The second-order valence-corrected chi connectivity index (χ2v) is 7.55. The van der Waals surface area contributed by atoms with E-state index in [9.17, 15) is 14.4 Å². The number of carbonyl (C=O) groups excluding carboxylic acids is 2. The lowest BCUT2D eigenvalue weighted by Crippen LogP contribution is -2.33. The number of hydrogen-bond donors (Lipinski definition) is 3. The van der Waals surface area contributed by atoms with Gasteiger partial charge in [0.25, 0.3) is 5.56 Å². The molecule has 0 aliphatic carbocycles. The van der Waals surface area contributed by atoms with Gasteiger partial charge in [0.15, 0.2) is 5.78 Å². The van der Waals surface area contributed by atoms with Crippen LogP contribution in [0.1, 0.15) is 41.0 Å². The summed E-state index contributed by atoms with van der Waals surface area (Å²) in [6.45, 7) is 2.34. The number of benzene rings is 1. The van der Waals surface area contributed by atoms with Gasteiger partial charge in [0.1, 0.15) is 11.7 Å². The lowest BCUT2D eigenvalue weighted by Gasteiger charge is -2.14. The molecule has 1 amide bonds. The number of pyridine rings is 1. The van der Waals surface area contributed by atoms with E-state index in [1.807, 2.05) is 31.3 Å². The van der Waals surface area contributed by atoms with Crippen LogP contribution in [0.5, 0.6) is 0 Å². The van der Waals surface area contributed by atoms with E-state index in [0.29, 0.717) is 16.8 Å². The molecular weight excluding hydrogens is 420 g/mol. The van der Waals surface area contributed by atoms with Gasteiger partial charge in [-0.1, -0.05) is 24.3 Å². The van der Waals surface area contributed by atoms with Crippen LogP contribution in [0, 0.1) is 5.41 Å². The van der Waals surface area contributed by atoms with Crippen LogP contribution in [0.15, 0.2) is 59.8 Å². The first-order chi connectivity index (χ1) is 15.8. The van der Waals surface area contributed by atoms with E-state index in [0.717, 1.165) is 12.1 Å². The summed E-state index contributed by atoms with van der Waals surface area (Å²) in [5, 5.41) is 13.9. The Kier molecular flexibility index (Phi) is 7.57. The van der Waals surface area contributed by atoms with Crippen LogP contribution in [-0.4, -0.2) is 46.0 Å². The molecule has 0 saturated carbocycles. The Labute approximate surface area is 191 Å². The smallest absolute Gasteiger partial charge is 0.251 e. The van der Waals surface area contributed by atoms with Crippen LogP contribution in [0.2, 0.25) is 0 Å². The Hall–Kier alpha value is -3.98. The summed E-state index contributed by atoms with van der Waals surface area (Å²) >= 11 is 0. The number of nitrogens with zero attached hydrogens (tertiary/aromatic N) is 3. The number of ketones is 1. The molecule has 170 valence electrons. The van der Waals surface area contributed by atoms with Gasteiger partial charge in [-0.25, -0.2) is 4.98 Å². The fraction of sp³-hybridized carbons (Fsp3) is 0.250. The Bertz CT molecular complexity index is 1230. The highest BCUT2D eigenvalue weighted by Crippen LogP contribution is 2.17. The topological polar surface area (TPSA) is 130 Å². The zero-order valence-electron chi connectivity index (χ0n) is 18.8. The summed E-state index contributed by atoms with van der Waals surface area (Å²) in [5.41, 5.74) is 2.68. The number of amides is 1. The second-order valence-electron chi connectivity index (χ2n) is 7.55. The minimum atomic E-state index is -0.708. The molecule has 0 radical (unpaired) electrons. The van der Waals surface area contributed by atoms with E-state index in [1.54, 1.807) is 13.0 Å². The number of aromatic nitrogens is 3. The number of nitrogens with one attached hydrogen (secondary N) is 3. The van der Waals surface area contributed by atoms with Crippen LogP contribution in [0.3, 0.4) is 0 Å². The third kappa shape index (κ3) is 5.64. The minimum absolute atomic E-state index is 0.114. The molecule has 3 aromatic rings. The van der Waals surface area contributed by atoms with Crippen molar-refractivity contribution < 1.29 is 9.59 Å². The Morgan fingerprint density at radius 2 is 1.82 bits per heavy atom. The second kappa shape index (κ2) is 10.6. The number of Topliss-reactive ketones (excluding diaryl/α,β-unsaturated/α-hetero) is 1. The molecule has 33 heavy (non-hydrogen) atoms. The zero-order valence-corrected chi connectivity index (χ0v) is 18.8. The molecule has 0 saturated heterocycles. The third-order valence-corrected chi connectivity index (χ3v) is 5.22. The quantitative estimate of drug-likeness (QED) is 0.340. The van der Waals surface area contributed by atoms with Crippen LogP contribution in [0.4, 0.5) is 0 Å². The monoisotopic (exact) mass is 446 g/mol. The van der Waals surface area contributed by atoms with E-state index in [1.165, 1.54) is 36.3 Å². The number of likely N-dealkylation sites (N-methyl/N-ethyl adjacent to an activating group) is 1. The molecule has 9 nitrogen and oxygen atoms in total. The van der Waals surface area contributed by atoms with Crippen molar-refractivity contribution >= 4 is 17.4 Å². The molecule has 0 bridgehead atoms. The number of hydrogen-bond acceptors (Lipinski definition) is 7. The Morgan fingerprint density at radius 3 is 2.48 bits per heavy atom. The van der Waals surface area contributed by atoms with Gasteiger partial charge in [0, 0.05) is 37.1 Å². The van der Waals surface area contributed by atoms with Crippen LogP contribution >= 0.6 is 0 Å². The summed E-state index contributed by atoms with van der Waals surface area (Å²) in [6.07, 6.45) is 4.25. The summed E-state index contributed by atoms with van der Waals surface area (Å²) in [7, 11) is 3.36. The van der Waals surface area contributed by atoms with Crippen molar-refractivity contribution in [2.45, 2.75) is 25.9 Å². The maximum Gasteiger partial charge on any atom is 0.251 e. The number of carbonyl (C=O) groups is 2. The van der Waals surface area contributed by atoms with Gasteiger partial charge in [-0.15, -0.1) is 0 Å². The van der Waals surface area contributed by atoms with Gasteiger partial charge in [-0.05, 0) is 31.2 Å². The molecule has 3 rings (SSSR count). The van der Waals surface area contributed by atoms with Gasteiger partial charge < -0.3 is 20.6 Å². The Morgan fingerprint density at radius 1 is 1.09 bits per heavy atom. The molecule has 2 heterocycles. The van der Waals surface area contributed by atoms with Gasteiger partial charge >= 0.3 is 0 Å². The predicted octanol–water partition coefficient (Wildman–Crippen LogP) is 1.97. The SMILES string of the molecule is CNCc1ccc(C(=N)CC(=O)c2cncc(-c3ccc(=O)n(C(C)C(=O)NC)c3)n2)cc1. The average molecular weight is 447 g/mol. The summed E-state index contributed by atoms with van der Waals surface area (Å²) in [6, 6.07) is 9.68. The molecule has 1 aromatic carbocycles. The van der Waals surface area contributed by atoms with Crippen molar-refractivity contribution in [2.75, 3.05) is 14.1 Å². The van der Waals surface area contributed by atoms with Gasteiger partial charge in [-0.2, -0.15) is 0 Å². The highest BCUT2D eigenvalue weighted by Gasteiger charge is 2.17. The van der Waals surface area contributed by atoms with Crippen molar-refractivity contribution in [3.8, 4) is 11.3 Å². The highest BCUT2D eigenvalue weighted by atomic mass is 16.2. The first-order valence-electron chi connectivity index (χ1n) is 10.4. The van der Waals surface area contributed by atoms with Crippen molar-refractivity contribution in [1.82, 2.24) is 25.2 Å². The van der Waals surface area contributed by atoms with Gasteiger partial charge in [0.05, 0.1) is 24.5 Å². The van der Waals surface area contributed by atoms with E-state index in [-0.39, 0.29) is 35.1 Å². The predicted molar refractivity (Wildman–Crippen MR) is 125 cm³/mol. The molecule has 0 aliphatic heterocycles. The fourth-order valence-corrected chi connectivity index (χ4v) is 3.31. The van der Waals surface area contributed by atoms with Crippen LogP contribution in [-0.2, 0) is 11.3 Å². The molecule has 0 fully saturated rings. The molecule has 9 heteroatoms. The normalized spacial score (nSPS) is 11.6. The van der Waals surface area contributed by atoms with Crippen molar-refractivity contribution in [3.63, 3.8) is 0 Å². The third-order valence-electron chi connectivity index (χ3n) is 5.22. The average Bonchev–Trinajstić information content (AvgIpc) is 2.84. The van der Waals surface area contributed by atoms with E-state index in [4.69, 9.17) is 5.41 Å². The molecule has 1 atom stereocenters. The first kappa shape index (κ1) is 23.7. The number of rotatable bonds is 9. The highest BCUT2D eigenvalue weighted by molar-refractivity contribution is 6.14. The zero-order chi connectivity index (χ0) is 24.0. The maximum absolute atomic E-state index is 12.8. The standard InChI is InChI=1S/C24H26N6O3/c1-15(24(33)27-3)30-14-18(8-9-23(30)32)20-12-28-13-21(29-20)22(31)10-19(25)17-6-4-16(5-7-17)11-26-2/h4-9,12-15,25-26H,10-11H2,1-3H3,(H,27,33). The first-order valence-corrected chi connectivity index (χ1v) is 10.4. The molecule has 0 spiro atoms. The van der Waals surface area contributed by atoms with Crippen molar-refractivity contribution in [3.05, 3.63) is 82.2 Å². The summed E-state index contributed by atoms with van der Waals surface area (Å²) in [5.74, 6) is -0.637. The van der Waals surface area contributed by atoms with E-state index < -0.39 is 6.04 Å². The van der Waals surface area contributed by atoms with Gasteiger partial charge in [-0.3, -0.25) is 19.4 Å². The fourth-order valence-electron chi connectivity index (χ4n) is 3.31. The summed E-state index contributed by atoms with van der Waals surface area (Å²) in [4.78, 5) is 45.5. The lowest BCUT2D eigenvalue weighted by molar-refractivity contribution is -0.123. The van der Waals surface area contributed by atoms with Crippen LogP contribution < -0.4 is 16.2 Å².